The number of carbonyl (C=O) groups is 1. The fraction of sp³-hybridized carbons (Fsp3) is 0.105. The first kappa shape index (κ1) is 18.6. The molecule has 0 unspecified atom stereocenters. The zero-order valence-corrected chi connectivity index (χ0v) is 16.3. The summed E-state index contributed by atoms with van der Waals surface area (Å²) in [5.41, 5.74) is 2.66. The molecule has 10 heteroatoms. The number of nitrogens with zero attached hydrogens (tertiary/aromatic N) is 6. The van der Waals surface area contributed by atoms with Crippen LogP contribution in [-0.2, 0) is 0 Å². The molecule has 1 N–H and O–H groups in total. The van der Waals surface area contributed by atoms with Gasteiger partial charge < -0.3 is 10.1 Å². The molecule has 1 amide bonds. The molecule has 2 heterocycles. The van der Waals surface area contributed by atoms with Crippen LogP contribution < -0.4 is 10.1 Å². The lowest BCUT2D eigenvalue weighted by molar-refractivity contribution is 0.102. The van der Waals surface area contributed by atoms with Gasteiger partial charge in [0.2, 0.25) is 0 Å². The van der Waals surface area contributed by atoms with Gasteiger partial charge in [0.15, 0.2) is 5.69 Å². The van der Waals surface area contributed by atoms with E-state index in [1.54, 1.807) is 36.9 Å². The molecule has 9 nitrogen and oxygen atoms in total. The van der Waals surface area contributed by atoms with Crippen molar-refractivity contribution in [3.8, 4) is 17.1 Å². The van der Waals surface area contributed by atoms with Gasteiger partial charge in [-0.2, -0.15) is 5.10 Å². The number of benzene rings is 2. The van der Waals surface area contributed by atoms with Crippen molar-refractivity contribution in [1.82, 2.24) is 29.8 Å². The number of anilines is 1. The van der Waals surface area contributed by atoms with Crippen LogP contribution in [0.5, 0.6) is 5.75 Å². The quantitative estimate of drug-likeness (QED) is 0.543. The second-order valence-corrected chi connectivity index (χ2v) is 6.53. The van der Waals surface area contributed by atoms with Gasteiger partial charge in [0.1, 0.15) is 18.4 Å². The maximum atomic E-state index is 12.9. The first-order chi connectivity index (χ1) is 14.1. The van der Waals surface area contributed by atoms with Crippen LogP contribution in [0.4, 0.5) is 5.69 Å². The number of halogens is 1. The second kappa shape index (κ2) is 7.72. The van der Waals surface area contributed by atoms with Crippen LogP contribution in [0.15, 0.2) is 55.1 Å². The Morgan fingerprint density at radius 2 is 1.97 bits per heavy atom. The Labute approximate surface area is 170 Å². The average molecular weight is 410 g/mol. The molecule has 0 atom stereocenters. The highest BCUT2D eigenvalue weighted by Gasteiger charge is 2.19. The Morgan fingerprint density at radius 3 is 2.66 bits per heavy atom. The molecule has 0 aliphatic carbocycles. The lowest BCUT2D eigenvalue weighted by atomic mass is 10.2. The molecule has 0 radical (unpaired) electrons. The van der Waals surface area contributed by atoms with Gasteiger partial charge in [0.25, 0.3) is 5.91 Å². The number of ether oxygens (including phenoxy) is 1. The van der Waals surface area contributed by atoms with Gasteiger partial charge in [-0.3, -0.25) is 4.79 Å². The predicted molar refractivity (Wildman–Crippen MR) is 107 cm³/mol. The SMILES string of the molecule is COc1ccc(-n2nnc(C(=O)Nc3cc(Cl)ccc3-n3cncn3)c2C)cc1. The standard InChI is InChI=1S/C19H16ClN7O2/c1-12-18(24-25-27(12)14-4-6-15(29-2)7-5-14)19(28)23-16-9-13(20)3-8-17(16)26-11-21-10-22-26/h3-11H,1-2H3,(H,23,28). The van der Waals surface area contributed by atoms with E-state index in [9.17, 15) is 4.79 Å². The molecule has 2 aromatic heterocycles. The molecule has 29 heavy (non-hydrogen) atoms. The van der Waals surface area contributed by atoms with Crippen molar-refractivity contribution in [3.63, 3.8) is 0 Å². The third-order valence-electron chi connectivity index (χ3n) is 4.30. The van der Waals surface area contributed by atoms with Crippen LogP contribution in [-0.4, -0.2) is 42.8 Å². The molecule has 0 fully saturated rings. The van der Waals surface area contributed by atoms with E-state index < -0.39 is 5.91 Å². The average Bonchev–Trinajstić information content (AvgIpc) is 3.38. The fourth-order valence-electron chi connectivity index (χ4n) is 2.83. The molecule has 0 aliphatic rings. The predicted octanol–water partition coefficient (Wildman–Crippen LogP) is 3.07. The Morgan fingerprint density at radius 1 is 1.17 bits per heavy atom. The summed E-state index contributed by atoms with van der Waals surface area (Å²) in [5, 5.41) is 15.6. The number of aromatic nitrogens is 6. The molecule has 4 rings (SSSR count). The molecule has 0 saturated carbocycles. The van der Waals surface area contributed by atoms with E-state index in [-0.39, 0.29) is 5.69 Å². The minimum atomic E-state index is -0.411. The van der Waals surface area contributed by atoms with Crippen LogP contribution in [0.2, 0.25) is 5.02 Å². The molecule has 0 aliphatic heterocycles. The van der Waals surface area contributed by atoms with Crippen molar-refractivity contribution in [2.75, 3.05) is 12.4 Å². The van der Waals surface area contributed by atoms with E-state index in [0.29, 0.717) is 22.1 Å². The van der Waals surface area contributed by atoms with E-state index >= 15 is 0 Å². The Balaban J connectivity index is 1.63. The van der Waals surface area contributed by atoms with Gasteiger partial charge in [0, 0.05) is 5.02 Å². The smallest absolute Gasteiger partial charge is 0.278 e. The third-order valence-corrected chi connectivity index (χ3v) is 4.53. The maximum Gasteiger partial charge on any atom is 0.278 e. The number of amides is 1. The van der Waals surface area contributed by atoms with Crippen LogP contribution in [0, 0.1) is 6.92 Å². The molecule has 146 valence electrons. The highest BCUT2D eigenvalue weighted by atomic mass is 35.5. The van der Waals surface area contributed by atoms with Gasteiger partial charge in [-0.15, -0.1) is 5.10 Å². The molecule has 0 bridgehead atoms. The summed E-state index contributed by atoms with van der Waals surface area (Å²) in [6, 6.07) is 12.4. The van der Waals surface area contributed by atoms with E-state index in [2.05, 4.69) is 25.7 Å². The maximum absolute atomic E-state index is 12.9. The topological polar surface area (TPSA) is 99.8 Å². The van der Waals surface area contributed by atoms with Gasteiger partial charge in [-0.25, -0.2) is 14.3 Å². The lowest BCUT2D eigenvalue weighted by Crippen LogP contribution is -2.16. The Bertz CT molecular complexity index is 1150. The molecule has 0 spiro atoms. The summed E-state index contributed by atoms with van der Waals surface area (Å²) >= 11 is 6.11. The zero-order chi connectivity index (χ0) is 20.4. The fourth-order valence-corrected chi connectivity index (χ4v) is 3.00. The second-order valence-electron chi connectivity index (χ2n) is 6.09. The largest absolute Gasteiger partial charge is 0.497 e. The minimum Gasteiger partial charge on any atom is -0.497 e. The van der Waals surface area contributed by atoms with Gasteiger partial charge in [-0.05, 0) is 49.4 Å². The van der Waals surface area contributed by atoms with Crippen molar-refractivity contribution >= 4 is 23.2 Å². The number of rotatable bonds is 5. The molecular formula is C19H16ClN7O2. The zero-order valence-electron chi connectivity index (χ0n) is 15.6. The van der Waals surface area contributed by atoms with E-state index in [1.807, 2.05) is 24.3 Å². The third kappa shape index (κ3) is 3.67. The Hall–Kier alpha value is -3.72. The van der Waals surface area contributed by atoms with Gasteiger partial charge >= 0.3 is 0 Å². The highest BCUT2D eigenvalue weighted by molar-refractivity contribution is 6.31. The monoisotopic (exact) mass is 409 g/mol. The van der Waals surface area contributed by atoms with Gasteiger partial charge in [0.05, 0.1) is 29.9 Å². The van der Waals surface area contributed by atoms with Crippen molar-refractivity contribution in [1.29, 1.82) is 0 Å². The number of hydrogen-bond donors (Lipinski definition) is 1. The summed E-state index contributed by atoms with van der Waals surface area (Å²) < 4.78 is 8.29. The van der Waals surface area contributed by atoms with E-state index in [1.165, 1.54) is 17.3 Å². The van der Waals surface area contributed by atoms with Crippen LogP contribution in [0.3, 0.4) is 0 Å². The summed E-state index contributed by atoms with van der Waals surface area (Å²) in [4.78, 5) is 16.8. The minimum absolute atomic E-state index is 0.199. The first-order valence-corrected chi connectivity index (χ1v) is 8.97. The summed E-state index contributed by atoms with van der Waals surface area (Å²) in [7, 11) is 1.60. The van der Waals surface area contributed by atoms with Crippen LogP contribution in [0.25, 0.3) is 11.4 Å². The van der Waals surface area contributed by atoms with Crippen molar-refractivity contribution in [3.05, 3.63) is 71.5 Å². The highest BCUT2D eigenvalue weighted by Crippen LogP contribution is 2.25. The lowest BCUT2D eigenvalue weighted by Gasteiger charge is -2.11. The molecule has 2 aromatic carbocycles. The van der Waals surface area contributed by atoms with Crippen molar-refractivity contribution in [2.24, 2.45) is 0 Å². The molecule has 4 aromatic rings. The van der Waals surface area contributed by atoms with Crippen LogP contribution >= 0.6 is 11.6 Å². The van der Waals surface area contributed by atoms with E-state index in [4.69, 9.17) is 16.3 Å². The first-order valence-electron chi connectivity index (χ1n) is 8.59. The number of hydrogen-bond acceptors (Lipinski definition) is 6. The number of nitrogens with one attached hydrogen (secondary N) is 1. The van der Waals surface area contributed by atoms with Gasteiger partial charge in [-0.1, -0.05) is 16.8 Å². The summed E-state index contributed by atoms with van der Waals surface area (Å²) in [5.74, 6) is 0.317. The van der Waals surface area contributed by atoms with Crippen molar-refractivity contribution < 1.29 is 9.53 Å². The van der Waals surface area contributed by atoms with E-state index in [0.717, 1.165) is 11.4 Å². The molecular weight excluding hydrogens is 394 g/mol. The summed E-state index contributed by atoms with van der Waals surface area (Å²) in [6.45, 7) is 1.77. The number of carbonyl (C=O) groups excluding carboxylic acids is 1. The summed E-state index contributed by atoms with van der Waals surface area (Å²) in [6.07, 6.45) is 2.94. The Kier molecular flexibility index (Phi) is 4.96. The normalized spacial score (nSPS) is 10.7. The molecule has 0 saturated heterocycles. The van der Waals surface area contributed by atoms with Crippen LogP contribution in [0.1, 0.15) is 16.2 Å². The number of methoxy groups -OCH3 is 1. The van der Waals surface area contributed by atoms with Crippen molar-refractivity contribution in [2.45, 2.75) is 6.92 Å².